The molecule has 7 nitrogen and oxygen atoms in total. The van der Waals surface area contributed by atoms with Crippen LogP contribution in [0.1, 0.15) is 24.2 Å². The molecule has 0 radical (unpaired) electrons. The molecule has 0 spiro atoms. The van der Waals surface area contributed by atoms with Crippen molar-refractivity contribution >= 4 is 16.9 Å². The van der Waals surface area contributed by atoms with Gasteiger partial charge in [0.15, 0.2) is 5.82 Å². The van der Waals surface area contributed by atoms with E-state index in [0.29, 0.717) is 31.9 Å². The summed E-state index contributed by atoms with van der Waals surface area (Å²) in [6.07, 6.45) is 4.38. The number of aromatic nitrogens is 2. The molecule has 1 amide bonds. The topological polar surface area (TPSA) is 90.4 Å². The number of rotatable bonds is 4. The molecule has 24 heavy (non-hydrogen) atoms. The third-order valence-electron chi connectivity index (χ3n) is 4.43. The molecule has 4 rings (SSSR count). The predicted molar refractivity (Wildman–Crippen MR) is 84.1 cm³/mol. The normalized spacial score (nSPS) is 17.0. The van der Waals surface area contributed by atoms with Crippen LogP contribution in [0, 0.1) is 0 Å². The van der Waals surface area contributed by atoms with E-state index in [1.807, 2.05) is 24.3 Å². The van der Waals surface area contributed by atoms with Crippen LogP contribution in [0.4, 0.5) is 0 Å². The van der Waals surface area contributed by atoms with Crippen molar-refractivity contribution in [3.8, 4) is 0 Å². The van der Waals surface area contributed by atoms with Gasteiger partial charge in [0.1, 0.15) is 11.1 Å². The quantitative estimate of drug-likeness (QED) is 0.790. The van der Waals surface area contributed by atoms with E-state index in [9.17, 15) is 4.79 Å². The molecule has 0 unspecified atom stereocenters. The Hall–Kier alpha value is -2.67. The summed E-state index contributed by atoms with van der Waals surface area (Å²) in [5.74, 6) is 0.393. The van der Waals surface area contributed by atoms with Crippen LogP contribution in [0.15, 0.2) is 45.9 Å². The van der Waals surface area contributed by atoms with Gasteiger partial charge in [0.2, 0.25) is 12.3 Å². The van der Waals surface area contributed by atoms with Crippen LogP contribution in [0.2, 0.25) is 0 Å². The summed E-state index contributed by atoms with van der Waals surface area (Å²) in [7, 11) is 0. The average molecular weight is 327 g/mol. The highest BCUT2D eigenvalue weighted by atomic mass is 16.5. The largest absolute Gasteiger partial charge is 0.464 e. The number of fused-ring (bicyclic) bond motifs is 1. The molecule has 0 atom stereocenters. The van der Waals surface area contributed by atoms with Gasteiger partial charge >= 0.3 is 0 Å². The molecule has 3 aromatic rings. The zero-order chi connectivity index (χ0) is 16.4. The van der Waals surface area contributed by atoms with Crippen molar-refractivity contribution in [3.05, 3.63) is 48.3 Å². The zero-order valence-electron chi connectivity index (χ0n) is 13.0. The van der Waals surface area contributed by atoms with E-state index in [0.717, 1.165) is 16.5 Å². The Labute approximate surface area is 138 Å². The van der Waals surface area contributed by atoms with Gasteiger partial charge in [-0.25, -0.2) is 0 Å². The number of hydrogen-bond donors (Lipinski definition) is 1. The number of furan rings is 1. The maximum absolute atomic E-state index is 12.6. The lowest BCUT2D eigenvalue weighted by Gasteiger charge is -2.35. The number of amides is 1. The number of nitrogens with one attached hydrogen (secondary N) is 1. The van der Waals surface area contributed by atoms with Crippen LogP contribution in [0.5, 0.6) is 0 Å². The summed E-state index contributed by atoms with van der Waals surface area (Å²) in [5, 5.41) is 7.98. The molecule has 1 aliphatic rings. The number of benzene rings is 1. The second kappa shape index (κ2) is 6.09. The van der Waals surface area contributed by atoms with Gasteiger partial charge in [-0.05, 0) is 6.07 Å². The van der Waals surface area contributed by atoms with Gasteiger partial charge in [-0.3, -0.25) is 4.79 Å². The number of para-hydroxylation sites is 1. The van der Waals surface area contributed by atoms with Crippen LogP contribution in [0.25, 0.3) is 11.0 Å². The fraction of sp³-hybridized carbons (Fsp3) is 0.353. The van der Waals surface area contributed by atoms with E-state index in [-0.39, 0.29) is 12.3 Å². The summed E-state index contributed by atoms with van der Waals surface area (Å²) in [6.45, 7) is 1.09. The minimum Gasteiger partial charge on any atom is -0.464 e. The summed E-state index contributed by atoms with van der Waals surface area (Å²) in [5.41, 5.74) is 1.000. The molecule has 3 heterocycles. The van der Waals surface area contributed by atoms with Crippen molar-refractivity contribution in [3.63, 3.8) is 0 Å². The zero-order valence-corrected chi connectivity index (χ0v) is 13.0. The first kappa shape index (κ1) is 14.9. The molecule has 1 aromatic carbocycles. The van der Waals surface area contributed by atoms with E-state index in [1.54, 1.807) is 6.26 Å². The second-order valence-electron chi connectivity index (χ2n) is 5.93. The Bertz CT molecular complexity index is 835. The molecule has 1 aliphatic heterocycles. The second-order valence-corrected chi connectivity index (χ2v) is 5.93. The minimum atomic E-state index is -0.637. The highest BCUT2D eigenvalue weighted by molar-refractivity contribution is 5.87. The van der Waals surface area contributed by atoms with Crippen LogP contribution in [-0.4, -0.2) is 29.3 Å². The first-order chi connectivity index (χ1) is 11.8. The molecule has 0 saturated carbocycles. The van der Waals surface area contributed by atoms with Gasteiger partial charge in [-0.2, -0.15) is 4.98 Å². The minimum absolute atomic E-state index is 0.103. The summed E-state index contributed by atoms with van der Waals surface area (Å²) in [4.78, 5) is 16.8. The van der Waals surface area contributed by atoms with Crippen molar-refractivity contribution in [2.45, 2.75) is 24.8 Å². The van der Waals surface area contributed by atoms with Crippen molar-refractivity contribution in [2.75, 3.05) is 13.2 Å². The van der Waals surface area contributed by atoms with Crippen LogP contribution in [-0.2, 0) is 21.5 Å². The Morgan fingerprint density at radius 2 is 2.08 bits per heavy atom. The van der Waals surface area contributed by atoms with E-state index in [2.05, 4.69) is 15.5 Å². The molecule has 1 N–H and O–H groups in total. The van der Waals surface area contributed by atoms with E-state index >= 15 is 0 Å². The Morgan fingerprint density at radius 3 is 2.88 bits per heavy atom. The van der Waals surface area contributed by atoms with E-state index in [1.165, 1.54) is 6.39 Å². The highest BCUT2D eigenvalue weighted by Crippen LogP contribution is 2.30. The van der Waals surface area contributed by atoms with Crippen molar-refractivity contribution in [1.82, 2.24) is 15.5 Å². The first-order valence-corrected chi connectivity index (χ1v) is 7.88. The van der Waals surface area contributed by atoms with E-state index in [4.69, 9.17) is 13.7 Å². The maximum atomic E-state index is 12.6. The molecule has 1 saturated heterocycles. The van der Waals surface area contributed by atoms with Crippen molar-refractivity contribution in [2.24, 2.45) is 0 Å². The molecular weight excluding hydrogens is 310 g/mol. The average Bonchev–Trinajstić information content (AvgIpc) is 3.26. The Kier molecular flexibility index (Phi) is 3.78. The number of ether oxygens (including phenoxy) is 1. The number of carbonyl (C=O) groups is 1. The Morgan fingerprint density at radius 1 is 1.25 bits per heavy atom. The van der Waals surface area contributed by atoms with Crippen molar-refractivity contribution < 1.29 is 18.5 Å². The summed E-state index contributed by atoms with van der Waals surface area (Å²) < 4.78 is 15.8. The van der Waals surface area contributed by atoms with Crippen LogP contribution >= 0.6 is 0 Å². The molecule has 2 aromatic heterocycles. The first-order valence-electron chi connectivity index (χ1n) is 7.88. The third-order valence-corrected chi connectivity index (χ3v) is 4.43. The fourth-order valence-electron chi connectivity index (χ4n) is 3.16. The summed E-state index contributed by atoms with van der Waals surface area (Å²) >= 11 is 0. The van der Waals surface area contributed by atoms with E-state index < -0.39 is 5.54 Å². The van der Waals surface area contributed by atoms with Gasteiger partial charge in [-0.1, -0.05) is 23.4 Å². The van der Waals surface area contributed by atoms with Crippen LogP contribution < -0.4 is 5.32 Å². The maximum Gasteiger partial charge on any atom is 0.225 e. The smallest absolute Gasteiger partial charge is 0.225 e. The van der Waals surface area contributed by atoms with Gasteiger partial charge in [0.25, 0.3) is 0 Å². The number of hydrogen-bond acceptors (Lipinski definition) is 6. The van der Waals surface area contributed by atoms with Crippen molar-refractivity contribution in [1.29, 1.82) is 0 Å². The third kappa shape index (κ3) is 2.67. The van der Waals surface area contributed by atoms with Crippen LogP contribution in [0.3, 0.4) is 0 Å². The number of nitrogens with zero attached hydrogens (tertiary/aromatic N) is 2. The highest BCUT2D eigenvalue weighted by Gasteiger charge is 2.39. The molecule has 0 aliphatic carbocycles. The molecule has 0 bridgehead atoms. The lowest BCUT2D eigenvalue weighted by molar-refractivity contribution is -0.124. The van der Waals surface area contributed by atoms with Gasteiger partial charge < -0.3 is 19.0 Å². The molecule has 1 fully saturated rings. The van der Waals surface area contributed by atoms with Gasteiger partial charge in [0, 0.05) is 37.0 Å². The number of carbonyl (C=O) groups excluding carboxylic acids is 1. The Balaban J connectivity index is 1.55. The molecular formula is C17H17N3O4. The SMILES string of the molecule is O=C(Cc1coc2ccccc12)NC1(c2ncon2)CCOCC1. The predicted octanol–water partition coefficient (Wildman–Crippen LogP) is 2.18. The lowest BCUT2D eigenvalue weighted by Crippen LogP contribution is -2.50. The van der Waals surface area contributed by atoms with Gasteiger partial charge in [-0.15, -0.1) is 0 Å². The monoisotopic (exact) mass is 327 g/mol. The standard InChI is InChI=1S/C17H17N3O4/c21-15(9-12-10-23-14-4-2-1-3-13(12)14)19-17(5-7-22-8-6-17)16-18-11-24-20-16/h1-4,10-11H,5-9H2,(H,19,21). The molecule has 7 heteroatoms. The van der Waals surface area contributed by atoms with Gasteiger partial charge in [0.05, 0.1) is 12.7 Å². The fourth-order valence-corrected chi connectivity index (χ4v) is 3.16. The molecule has 124 valence electrons. The summed E-state index contributed by atoms with van der Waals surface area (Å²) in [6, 6.07) is 7.67. The lowest BCUT2D eigenvalue weighted by atomic mass is 9.88.